The molecule has 0 amide bonds. The Labute approximate surface area is 204 Å². The van der Waals surface area contributed by atoms with Crippen LogP contribution in [0.2, 0.25) is 0 Å². The quantitative estimate of drug-likeness (QED) is 0.426. The molecule has 3 N–H and O–H groups in total. The van der Waals surface area contributed by atoms with Gasteiger partial charge in [-0.1, -0.05) is 17.9 Å². The van der Waals surface area contributed by atoms with Gasteiger partial charge in [0.15, 0.2) is 0 Å². The van der Waals surface area contributed by atoms with Crippen LogP contribution in [0.25, 0.3) is 10.9 Å². The van der Waals surface area contributed by atoms with Gasteiger partial charge in [-0.3, -0.25) is 9.88 Å². The van der Waals surface area contributed by atoms with Gasteiger partial charge in [-0.2, -0.15) is 0 Å². The summed E-state index contributed by atoms with van der Waals surface area (Å²) in [7, 11) is 1.60. The Balaban J connectivity index is 1.42. The van der Waals surface area contributed by atoms with Crippen LogP contribution in [-0.2, 0) is 6.61 Å². The third-order valence-electron chi connectivity index (χ3n) is 6.94. The molecule has 1 aliphatic rings. The zero-order chi connectivity index (χ0) is 24.0. The number of hydrogen-bond donors (Lipinski definition) is 3. The molecule has 0 unspecified atom stereocenters. The van der Waals surface area contributed by atoms with Crippen molar-refractivity contribution in [2.45, 2.75) is 38.4 Å². The molecule has 1 saturated heterocycles. The van der Waals surface area contributed by atoms with Crippen LogP contribution in [0.4, 0.5) is 0 Å². The first kappa shape index (κ1) is 24.6. The molecule has 1 atom stereocenters. The number of pyridine rings is 1. The highest BCUT2D eigenvalue weighted by molar-refractivity contribution is 7.10. The normalized spacial score (nSPS) is 16.7. The van der Waals surface area contributed by atoms with Gasteiger partial charge in [0.2, 0.25) is 0 Å². The topological polar surface area (TPSA) is 86.0 Å². The Morgan fingerprint density at radius 1 is 1.24 bits per heavy atom. The van der Waals surface area contributed by atoms with Gasteiger partial charge in [-0.05, 0) is 79.4 Å². The van der Waals surface area contributed by atoms with E-state index in [-0.39, 0.29) is 18.6 Å². The minimum atomic E-state index is -0.766. The van der Waals surface area contributed by atoms with Crippen LogP contribution in [-0.4, -0.2) is 58.6 Å². The predicted octanol–water partition coefficient (Wildman–Crippen LogP) is 3.74. The fourth-order valence-electron chi connectivity index (χ4n) is 4.73. The number of hydrogen-bond acceptors (Lipinski definition) is 7. The van der Waals surface area contributed by atoms with E-state index < -0.39 is 6.10 Å². The number of aliphatic hydroxyl groups is 3. The zero-order valence-electron chi connectivity index (χ0n) is 19.5. The summed E-state index contributed by atoms with van der Waals surface area (Å²) in [5, 5.41) is 34.2. The lowest BCUT2D eigenvalue weighted by Gasteiger charge is -2.40. The van der Waals surface area contributed by atoms with E-state index in [4.69, 9.17) is 4.74 Å². The maximum atomic E-state index is 11.2. The molecule has 0 spiro atoms. The van der Waals surface area contributed by atoms with Gasteiger partial charge < -0.3 is 20.1 Å². The monoisotopic (exact) mass is 480 g/mol. The molecular formula is C27H32N2O4S. The summed E-state index contributed by atoms with van der Waals surface area (Å²) in [4.78, 5) is 7.83. The maximum Gasteiger partial charge on any atom is 0.119 e. The number of likely N-dealkylation sites (tertiary alicyclic amines) is 1. The molecule has 1 aliphatic heterocycles. The van der Waals surface area contributed by atoms with Crippen molar-refractivity contribution in [2.75, 3.05) is 33.4 Å². The Kier molecular flexibility index (Phi) is 8.19. The number of aliphatic hydroxyl groups excluding tert-OH is 3. The molecule has 1 fully saturated rings. The second-order valence-corrected chi connectivity index (χ2v) is 9.95. The molecule has 3 heterocycles. The van der Waals surface area contributed by atoms with Crippen LogP contribution >= 0.6 is 11.3 Å². The summed E-state index contributed by atoms with van der Waals surface area (Å²) in [6.07, 6.45) is 3.81. The summed E-state index contributed by atoms with van der Waals surface area (Å²) in [5.74, 6) is 7.15. The summed E-state index contributed by atoms with van der Waals surface area (Å²) in [5.41, 5.74) is 1.85. The van der Waals surface area contributed by atoms with E-state index in [1.165, 1.54) is 0 Å². The molecule has 34 heavy (non-hydrogen) atoms. The highest BCUT2D eigenvalue weighted by Gasteiger charge is 2.34. The first-order valence-corrected chi connectivity index (χ1v) is 12.6. The second kappa shape index (κ2) is 11.3. The summed E-state index contributed by atoms with van der Waals surface area (Å²) < 4.78 is 5.36. The van der Waals surface area contributed by atoms with Crippen LogP contribution < -0.4 is 4.74 Å². The molecular weight excluding hydrogens is 448 g/mol. The second-order valence-electron chi connectivity index (χ2n) is 9.01. The summed E-state index contributed by atoms with van der Waals surface area (Å²) >= 11 is 1.65. The van der Waals surface area contributed by atoms with Gasteiger partial charge in [0.05, 0.1) is 36.8 Å². The number of fused-ring (bicyclic) bond motifs is 1. The van der Waals surface area contributed by atoms with E-state index in [0.717, 1.165) is 48.3 Å². The Morgan fingerprint density at radius 3 is 2.74 bits per heavy atom. The summed E-state index contributed by atoms with van der Waals surface area (Å²) in [6, 6.07) is 9.59. The number of ether oxygens (including phenoxy) is 1. The summed E-state index contributed by atoms with van der Waals surface area (Å²) in [6.45, 7) is 2.40. The third kappa shape index (κ3) is 5.60. The van der Waals surface area contributed by atoms with Crippen LogP contribution in [0.1, 0.15) is 47.8 Å². The molecule has 7 heteroatoms. The number of rotatable bonds is 8. The minimum Gasteiger partial charge on any atom is -0.497 e. The fourth-order valence-corrected chi connectivity index (χ4v) is 5.32. The molecule has 180 valence electrons. The van der Waals surface area contributed by atoms with Crippen LogP contribution in [0.5, 0.6) is 5.75 Å². The highest BCUT2D eigenvalue weighted by atomic mass is 32.1. The molecule has 2 aromatic heterocycles. The lowest BCUT2D eigenvalue weighted by Crippen LogP contribution is -2.42. The number of nitrogens with zero attached hydrogens (tertiary/aromatic N) is 2. The van der Waals surface area contributed by atoms with E-state index in [1.54, 1.807) is 24.6 Å². The molecule has 0 aliphatic carbocycles. The largest absolute Gasteiger partial charge is 0.497 e. The van der Waals surface area contributed by atoms with Crippen LogP contribution in [0.3, 0.4) is 0 Å². The van der Waals surface area contributed by atoms with E-state index in [2.05, 4.69) is 21.7 Å². The van der Waals surface area contributed by atoms with Crippen molar-refractivity contribution >= 4 is 22.2 Å². The molecule has 0 radical (unpaired) electrons. The zero-order valence-corrected chi connectivity index (χ0v) is 20.4. The van der Waals surface area contributed by atoms with Crippen molar-refractivity contribution in [1.82, 2.24) is 9.88 Å². The Morgan fingerprint density at radius 2 is 2.06 bits per heavy atom. The average Bonchev–Trinajstić information content (AvgIpc) is 3.40. The first-order chi connectivity index (χ1) is 16.6. The van der Waals surface area contributed by atoms with Crippen LogP contribution in [0.15, 0.2) is 41.9 Å². The van der Waals surface area contributed by atoms with Crippen molar-refractivity contribution < 1.29 is 20.1 Å². The van der Waals surface area contributed by atoms with Crippen molar-refractivity contribution in [3.05, 3.63) is 57.9 Å². The predicted molar refractivity (Wildman–Crippen MR) is 135 cm³/mol. The molecule has 0 bridgehead atoms. The SMILES string of the molecule is COc1ccc2ncc(CO)c([C@@H](O)CCC3(CO)CCN(CC#Cc4cccs4)CC3)c2c1. The number of benzene rings is 1. The fraction of sp³-hybridized carbons (Fsp3) is 0.444. The Hall–Kier alpha value is -2.47. The number of aromatic nitrogens is 1. The van der Waals surface area contributed by atoms with E-state index in [0.29, 0.717) is 29.7 Å². The lowest BCUT2D eigenvalue weighted by atomic mass is 9.74. The van der Waals surface area contributed by atoms with Gasteiger partial charge >= 0.3 is 0 Å². The molecule has 6 nitrogen and oxygen atoms in total. The lowest BCUT2D eigenvalue weighted by molar-refractivity contribution is 0.0271. The average molecular weight is 481 g/mol. The molecule has 4 rings (SSSR count). The molecule has 0 saturated carbocycles. The van der Waals surface area contributed by atoms with Gasteiger partial charge in [-0.15, -0.1) is 11.3 Å². The number of thiophene rings is 1. The maximum absolute atomic E-state index is 11.2. The standard InChI is InChI=1S/C27H32N2O4S/c1-33-21-6-7-24-23(16-21)26(20(18-30)17-28-24)25(32)8-9-27(19-31)10-13-29(14-11-27)12-2-4-22-5-3-15-34-22/h3,5-7,15-17,25,30-32H,8-14,18-19H2,1H3/t25-/m0/s1. The van der Waals surface area contributed by atoms with E-state index >= 15 is 0 Å². The van der Waals surface area contributed by atoms with Crippen molar-refractivity contribution in [2.24, 2.45) is 5.41 Å². The highest BCUT2D eigenvalue weighted by Crippen LogP contribution is 2.39. The minimum absolute atomic E-state index is 0.103. The van der Waals surface area contributed by atoms with E-state index in [9.17, 15) is 15.3 Å². The van der Waals surface area contributed by atoms with Crippen molar-refractivity contribution in [1.29, 1.82) is 0 Å². The van der Waals surface area contributed by atoms with E-state index in [1.807, 2.05) is 35.7 Å². The van der Waals surface area contributed by atoms with Gasteiger partial charge in [0.1, 0.15) is 5.75 Å². The number of piperidine rings is 1. The van der Waals surface area contributed by atoms with Gasteiger partial charge in [0.25, 0.3) is 0 Å². The smallest absolute Gasteiger partial charge is 0.119 e. The third-order valence-corrected chi connectivity index (χ3v) is 7.72. The first-order valence-electron chi connectivity index (χ1n) is 11.7. The molecule has 3 aromatic rings. The Bertz CT molecular complexity index is 1140. The molecule has 1 aromatic carbocycles. The van der Waals surface area contributed by atoms with Crippen LogP contribution in [0, 0.1) is 17.3 Å². The van der Waals surface area contributed by atoms with Crippen molar-refractivity contribution in [3.63, 3.8) is 0 Å². The number of methoxy groups -OCH3 is 1. The van der Waals surface area contributed by atoms with Gasteiger partial charge in [-0.25, -0.2) is 0 Å². The van der Waals surface area contributed by atoms with Gasteiger partial charge in [0, 0.05) is 23.8 Å². The van der Waals surface area contributed by atoms with Crippen molar-refractivity contribution in [3.8, 4) is 17.6 Å².